The van der Waals surface area contributed by atoms with Crippen molar-refractivity contribution in [2.75, 3.05) is 26.7 Å². The molecule has 0 aromatic rings. The second-order valence-corrected chi connectivity index (χ2v) is 7.30. The van der Waals surface area contributed by atoms with E-state index in [0.717, 1.165) is 12.6 Å². The summed E-state index contributed by atoms with van der Waals surface area (Å²) >= 11 is 0. The van der Waals surface area contributed by atoms with Gasteiger partial charge in [0, 0.05) is 12.6 Å². The zero-order valence-electron chi connectivity index (χ0n) is 13.2. The molecule has 3 nitrogen and oxygen atoms in total. The van der Waals surface area contributed by atoms with Crippen molar-refractivity contribution in [2.24, 2.45) is 0 Å². The molecule has 1 spiro atoms. The van der Waals surface area contributed by atoms with E-state index in [0.29, 0.717) is 6.10 Å². The maximum atomic E-state index is 6.53. The van der Waals surface area contributed by atoms with E-state index in [1.807, 2.05) is 0 Å². The Labute approximate surface area is 124 Å². The smallest absolute Gasteiger partial charge is 0.0710 e. The summed E-state index contributed by atoms with van der Waals surface area (Å²) in [5.41, 5.74) is 0.286. The first-order valence-corrected chi connectivity index (χ1v) is 8.86. The Bertz CT molecular complexity index is 293. The minimum atomic E-state index is 0.286. The number of rotatable bonds is 3. The van der Waals surface area contributed by atoms with Gasteiger partial charge in [0.1, 0.15) is 0 Å². The Morgan fingerprint density at radius 3 is 2.70 bits per heavy atom. The van der Waals surface area contributed by atoms with Crippen LogP contribution in [-0.4, -0.2) is 49.3 Å². The van der Waals surface area contributed by atoms with Crippen LogP contribution in [0.4, 0.5) is 0 Å². The molecule has 2 saturated heterocycles. The minimum absolute atomic E-state index is 0.286. The maximum absolute atomic E-state index is 6.53. The van der Waals surface area contributed by atoms with Crippen LogP contribution < -0.4 is 5.32 Å². The predicted molar refractivity (Wildman–Crippen MR) is 83.1 cm³/mol. The van der Waals surface area contributed by atoms with Gasteiger partial charge in [-0.1, -0.05) is 19.3 Å². The Morgan fingerprint density at radius 1 is 1.00 bits per heavy atom. The van der Waals surface area contributed by atoms with E-state index in [9.17, 15) is 0 Å². The number of nitrogens with one attached hydrogen (secondary N) is 1. The van der Waals surface area contributed by atoms with Gasteiger partial charge in [0.15, 0.2) is 0 Å². The van der Waals surface area contributed by atoms with Gasteiger partial charge in [-0.25, -0.2) is 0 Å². The zero-order chi connectivity index (χ0) is 13.8. The first-order valence-electron chi connectivity index (χ1n) is 8.86. The van der Waals surface area contributed by atoms with Crippen molar-refractivity contribution in [2.45, 2.75) is 82.0 Å². The normalized spacial score (nSPS) is 34.5. The molecule has 0 bridgehead atoms. The fraction of sp³-hybridized carbons (Fsp3) is 1.00. The van der Waals surface area contributed by atoms with Gasteiger partial charge in [0.05, 0.1) is 11.7 Å². The van der Waals surface area contributed by atoms with Gasteiger partial charge in [-0.2, -0.15) is 0 Å². The summed E-state index contributed by atoms with van der Waals surface area (Å²) in [5.74, 6) is 0. The molecule has 2 unspecified atom stereocenters. The third-order valence-electron chi connectivity index (χ3n) is 5.76. The van der Waals surface area contributed by atoms with Crippen LogP contribution in [0.2, 0.25) is 0 Å². The Hall–Kier alpha value is -0.120. The van der Waals surface area contributed by atoms with Crippen molar-refractivity contribution in [3.05, 3.63) is 0 Å². The SMILES string of the molecule is CN(CC1CCC2(CCCCC2)O1)C1CCCNCC1. The fourth-order valence-corrected chi connectivity index (χ4v) is 4.50. The number of hydrogen-bond donors (Lipinski definition) is 1. The van der Waals surface area contributed by atoms with Crippen LogP contribution in [0.1, 0.15) is 64.2 Å². The van der Waals surface area contributed by atoms with Gasteiger partial charge >= 0.3 is 0 Å². The molecule has 1 N–H and O–H groups in total. The van der Waals surface area contributed by atoms with Gasteiger partial charge in [0.2, 0.25) is 0 Å². The van der Waals surface area contributed by atoms with Crippen LogP contribution in [-0.2, 0) is 4.74 Å². The molecule has 20 heavy (non-hydrogen) atoms. The molecular formula is C17H32N2O. The van der Waals surface area contributed by atoms with Gasteiger partial charge in [-0.3, -0.25) is 0 Å². The Morgan fingerprint density at radius 2 is 1.85 bits per heavy atom. The first kappa shape index (κ1) is 14.8. The maximum Gasteiger partial charge on any atom is 0.0710 e. The molecule has 2 aliphatic heterocycles. The summed E-state index contributed by atoms with van der Waals surface area (Å²) < 4.78 is 6.53. The van der Waals surface area contributed by atoms with Crippen molar-refractivity contribution in [3.63, 3.8) is 0 Å². The highest BCUT2D eigenvalue weighted by atomic mass is 16.5. The number of nitrogens with zero attached hydrogens (tertiary/aromatic N) is 1. The molecular weight excluding hydrogens is 248 g/mol. The summed E-state index contributed by atoms with van der Waals surface area (Å²) in [6.07, 6.45) is 13.9. The monoisotopic (exact) mass is 280 g/mol. The predicted octanol–water partition coefficient (Wildman–Crippen LogP) is 2.94. The highest BCUT2D eigenvalue weighted by molar-refractivity contribution is 4.92. The highest BCUT2D eigenvalue weighted by Gasteiger charge is 2.41. The van der Waals surface area contributed by atoms with Crippen LogP contribution in [0, 0.1) is 0 Å². The second-order valence-electron chi connectivity index (χ2n) is 7.30. The molecule has 0 radical (unpaired) electrons. The molecule has 3 heteroatoms. The molecule has 2 heterocycles. The van der Waals surface area contributed by atoms with Crippen molar-refractivity contribution in [1.29, 1.82) is 0 Å². The molecule has 0 aromatic heterocycles. The largest absolute Gasteiger partial charge is 0.370 e. The van der Waals surface area contributed by atoms with E-state index in [1.165, 1.54) is 77.3 Å². The number of ether oxygens (including phenoxy) is 1. The molecule has 2 atom stereocenters. The standard InChI is InChI=1S/C17H32N2O/c1-19(15-6-5-12-18-13-8-15)14-16-7-11-17(20-16)9-3-2-4-10-17/h15-16,18H,2-14H2,1H3. The number of likely N-dealkylation sites (N-methyl/N-ethyl adjacent to an activating group) is 1. The van der Waals surface area contributed by atoms with E-state index in [-0.39, 0.29) is 5.60 Å². The summed E-state index contributed by atoms with van der Waals surface area (Å²) in [4.78, 5) is 2.58. The first-order chi connectivity index (χ1) is 9.77. The topological polar surface area (TPSA) is 24.5 Å². The molecule has 0 aromatic carbocycles. The van der Waals surface area contributed by atoms with Crippen molar-refractivity contribution < 1.29 is 4.74 Å². The summed E-state index contributed by atoms with van der Waals surface area (Å²) in [7, 11) is 2.31. The molecule has 1 aliphatic carbocycles. The van der Waals surface area contributed by atoms with Crippen molar-refractivity contribution in [1.82, 2.24) is 10.2 Å². The Balaban J connectivity index is 1.48. The van der Waals surface area contributed by atoms with E-state index < -0.39 is 0 Å². The lowest BCUT2D eigenvalue weighted by Gasteiger charge is -2.35. The van der Waals surface area contributed by atoms with E-state index in [4.69, 9.17) is 4.74 Å². The second kappa shape index (κ2) is 6.76. The third-order valence-corrected chi connectivity index (χ3v) is 5.76. The van der Waals surface area contributed by atoms with E-state index >= 15 is 0 Å². The molecule has 1 saturated carbocycles. The van der Waals surface area contributed by atoms with Crippen LogP contribution >= 0.6 is 0 Å². The van der Waals surface area contributed by atoms with Crippen LogP contribution in [0.15, 0.2) is 0 Å². The average Bonchev–Trinajstić information content (AvgIpc) is 2.69. The fourth-order valence-electron chi connectivity index (χ4n) is 4.50. The molecule has 116 valence electrons. The van der Waals surface area contributed by atoms with Gasteiger partial charge in [-0.05, 0) is 65.1 Å². The molecule has 3 rings (SSSR count). The number of hydrogen-bond acceptors (Lipinski definition) is 3. The van der Waals surface area contributed by atoms with Gasteiger partial charge < -0.3 is 15.0 Å². The van der Waals surface area contributed by atoms with E-state index in [2.05, 4.69) is 17.3 Å². The lowest BCUT2D eigenvalue weighted by Crippen LogP contribution is -2.39. The summed E-state index contributed by atoms with van der Waals surface area (Å²) in [6.45, 7) is 3.53. The van der Waals surface area contributed by atoms with Gasteiger partial charge in [-0.15, -0.1) is 0 Å². The molecule has 0 amide bonds. The zero-order valence-corrected chi connectivity index (χ0v) is 13.2. The highest BCUT2D eigenvalue weighted by Crippen LogP contribution is 2.42. The quantitative estimate of drug-likeness (QED) is 0.860. The average molecular weight is 280 g/mol. The molecule has 3 aliphatic rings. The lowest BCUT2D eigenvalue weighted by atomic mass is 9.83. The lowest BCUT2D eigenvalue weighted by molar-refractivity contribution is -0.0729. The third kappa shape index (κ3) is 3.55. The van der Waals surface area contributed by atoms with Crippen LogP contribution in [0.25, 0.3) is 0 Å². The Kier molecular flexibility index (Phi) is 5.00. The van der Waals surface area contributed by atoms with Crippen LogP contribution in [0.3, 0.4) is 0 Å². The van der Waals surface area contributed by atoms with Crippen molar-refractivity contribution >= 4 is 0 Å². The van der Waals surface area contributed by atoms with Gasteiger partial charge in [0.25, 0.3) is 0 Å². The molecule has 3 fully saturated rings. The minimum Gasteiger partial charge on any atom is -0.370 e. The van der Waals surface area contributed by atoms with E-state index in [1.54, 1.807) is 0 Å². The summed E-state index contributed by atoms with van der Waals surface area (Å²) in [6, 6.07) is 0.761. The van der Waals surface area contributed by atoms with Crippen molar-refractivity contribution in [3.8, 4) is 0 Å². The summed E-state index contributed by atoms with van der Waals surface area (Å²) in [5, 5.41) is 3.51. The van der Waals surface area contributed by atoms with Crippen LogP contribution in [0.5, 0.6) is 0 Å².